The molecule has 1 N–H and O–H groups in total. The maximum Gasteiger partial charge on any atom is 0.251 e. The highest BCUT2D eigenvalue weighted by Gasteiger charge is 2.26. The van der Waals surface area contributed by atoms with Crippen molar-refractivity contribution in [2.45, 2.75) is 17.9 Å². The lowest BCUT2D eigenvalue weighted by Crippen LogP contribution is -2.43. The Hall–Kier alpha value is -1.87. The summed E-state index contributed by atoms with van der Waals surface area (Å²) in [6.45, 7) is 4.92. The molecule has 2 heterocycles. The number of benzene rings is 1. The molecule has 0 radical (unpaired) electrons. The first kappa shape index (κ1) is 20.9. The molecule has 1 fully saturated rings. The van der Waals surface area contributed by atoms with E-state index in [2.05, 4.69) is 10.2 Å². The van der Waals surface area contributed by atoms with Gasteiger partial charge in [0, 0.05) is 31.5 Å². The zero-order valence-electron chi connectivity index (χ0n) is 15.8. The minimum absolute atomic E-state index is 0.0618. The molecule has 1 aliphatic heterocycles. The molecular formula is C19H23ClN2O5S. The smallest absolute Gasteiger partial charge is 0.251 e. The van der Waals surface area contributed by atoms with E-state index < -0.39 is 9.84 Å². The van der Waals surface area contributed by atoms with E-state index in [1.54, 1.807) is 0 Å². The predicted molar refractivity (Wildman–Crippen MR) is 105 cm³/mol. The molecule has 1 amide bonds. The average Bonchev–Trinajstić information content (AvgIpc) is 3.08. The first-order valence-electron chi connectivity index (χ1n) is 8.91. The van der Waals surface area contributed by atoms with Gasteiger partial charge in [-0.3, -0.25) is 9.69 Å². The van der Waals surface area contributed by atoms with Crippen LogP contribution in [0.5, 0.6) is 0 Å². The molecule has 0 spiro atoms. The number of ether oxygens (including phenoxy) is 1. The Morgan fingerprint density at radius 2 is 1.96 bits per heavy atom. The van der Waals surface area contributed by atoms with Crippen LogP contribution in [0.15, 0.2) is 39.6 Å². The Balaban J connectivity index is 1.76. The van der Waals surface area contributed by atoms with E-state index in [0.717, 1.165) is 30.9 Å². The van der Waals surface area contributed by atoms with E-state index in [1.807, 2.05) is 19.1 Å². The Bertz CT molecular complexity index is 951. The summed E-state index contributed by atoms with van der Waals surface area (Å²) in [5.74, 6) is 1.20. The zero-order valence-corrected chi connectivity index (χ0v) is 17.3. The number of carbonyl (C=O) groups is 1. The second kappa shape index (κ2) is 8.65. The van der Waals surface area contributed by atoms with Crippen molar-refractivity contribution in [3.63, 3.8) is 0 Å². The van der Waals surface area contributed by atoms with Gasteiger partial charge in [-0.2, -0.15) is 0 Å². The maximum absolute atomic E-state index is 12.6. The second-order valence-corrected chi connectivity index (χ2v) is 9.13. The number of nitrogens with zero attached hydrogens (tertiary/aromatic N) is 1. The number of morpholine rings is 1. The molecule has 1 saturated heterocycles. The molecule has 1 aliphatic rings. The van der Waals surface area contributed by atoms with Gasteiger partial charge in [-0.1, -0.05) is 11.6 Å². The molecule has 3 rings (SSSR count). The number of carbonyl (C=O) groups excluding carboxylic acids is 1. The van der Waals surface area contributed by atoms with Crippen molar-refractivity contribution in [3.8, 4) is 0 Å². The van der Waals surface area contributed by atoms with Crippen molar-refractivity contribution in [3.05, 3.63) is 52.4 Å². The fourth-order valence-electron chi connectivity index (χ4n) is 3.15. The summed E-state index contributed by atoms with van der Waals surface area (Å²) in [4.78, 5) is 14.8. The summed E-state index contributed by atoms with van der Waals surface area (Å²) in [6.07, 6.45) is 1.06. The third-order valence-electron chi connectivity index (χ3n) is 4.62. The van der Waals surface area contributed by atoms with Crippen molar-refractivity contribution in [2.75, 3.05) is 39.1 Å². The lowest BCUT2D eigenvalue weighted by atomic mass is 10.1. The van der Waals surface area contributed by atoms with Gasteiger partial charge >= 0.3 is 0 Å². The van der Waals surface area contributed by atoms with Gasteiger partial charge in [-0.25, -0.2) is 8.42 Å². The van der Waals surface area contributed by atoms with Gasteiger partial charge in [-0.15, -0.1) is 0 Å². The molecule has 1 unspecified atom stereocenters. The van der Waals surface area contributed by atoms with Crippen LogP contribution in [0, 0.1) is 6.92 Å². The highest BCUT2D eigenvalue weighted by Crippen LogP contribution is 2.25. The Kier molecular flexibility index (Phi) is 6.44. The topological polar surface area (TPSA) is 88.9 Å². The highest BCUT2D eigenvalue weighted by atomic mass is 35.5. The van der Waals surface area contributed by atoms with Crippen LogP contribution in [-0.4, -0.2) is 58.3 Å². The fourth-order valence-corrected chi connectivity index (χ4v) is 4.45. The average molecular weight is 427 g/mol. The van der Waals surface area contributed by atoms with Crippen LogP contribution >= 0.6 is 11.6 Å². The molecule has 1 aromatic heterocycles. The van der Waals surface area contributed by atoms with Crippen molar-refractivity contribution in [1.29, 1.82) is 0 Å². The van der Waals surface area contributed by atoms with Gasteiger partial charge in [0.25, 0.3) is 5.91 Å². The summed E-state index contributed by atoms with van der Waals surface area (Å²) in [5.41, 5.74) is 0.237. The molecular weight excluding hydrogens is 404 g/mol. The van der Waals surface area contributed by atoms with Gasteiger partial charge in [0.15, 0.2) is 9.84 Å². The molecule has 0 aliphatic carbocycles. The van der Waals surface area contributed by atoms with E-state index in [4.69, 9.17) is 20.8 Å². The summed E-state index contributed by atoms with van der Waals surface area (Å²) in [5, 5.41) is 2.98. The standard InChI is InChI=1S/C19H23ClN2O5S/c1-13-3-6-17(27-13)16(22-7-9-26-10-8-22)12-21-19(23)14-4-5-15(20)18(11-14)28(2,24)25/h3-6,11,16H,7-10,12H2,1-2H3,(H,21,23). The number of hydrogen-bond acceptors (Lipinski definition) is 6. The second-order valence-electron chi connectivity index (χ2n) is 6.74. The molecule has 1 atom stereocenters. The zero-order chi connectivity index (χ0) is 20.3. The van der Waals surface area contributed by atoms with E-state index >= 15 is 0 Å². The SMILES string of the molecule is Cc1ccc(C(CNC(=O)c2ccc(Cl)c(S(C)(=O)=O)c2)N2CCOCC2)o1. The van der Waals surface area contributed by atoms with Crippen LogP contribution in [0.1, 0.15) is 27.9 Å². The number of aryl methyl sites for hydroxylation is 1. The Labute approximate surface area is 169 Å². The Morgan fingerprint density at radius 1 is 1.25 bits per heavy atom. The number of rotatable bonds is 6. The van der Waals surface area contributed by atoms with E-state index in [0.29, 0.717) is 19.8 Å². The van der Waals surface area contributed by atoms with Crippen LogP contribution in [0.25, 0.3) is 0 Å². The number of hydrogen-bond donors (Lipinski definition) is 1. The number of nitrogens with one attached hydrogen (secondary N) is 1. The Morgan fingerprint density at radius 3 is 2.57 bits per heavy atom. The third-order valence-corrected chi connectivity index (χ3v) is 6.20. The van der Waals surface area contributed by atoms with Crippen LogP contribution in [0.4, 0.5) is 0 Å². The summed E-state index contributed by atoms with van der Waals surface area (Å²) in [6, 6.07) is 7.89. The number of sulfone groups is 1. The molecule has 2 aromatic rings. The van der Waals surface area contributed by atoms with Crippen LogP contribution in [-0.2, 0) is 14.6 Å². The van der Waals surface area contributed by atoms with Gasteiger partial charge in [-0.05, 0) is 37.3 Å². The molecule has 9 heteroatoms. The quantitative estimate of drug-likeness (QED) is 0.763. The normalized spacial score (nSPS) is 16.7. The highest BCUT2D eigenvalue weighted by molar-refractivity contribution is 7.90. The lowest BCUT2D eigenvalue weighted by Gasteiger charge is -2.33. The lowest BCUT2D eigenvalue weighted by molar-refractivity contribution is 0.0117. The van der Waals surface area contributed by atoms with Gasteiger partial charge in [0.05, 0.1) is 29.2 Å². The minimum Gasteiger partial charge on any atom is -0.465 e. The largest absolute Gasteiger partial charge is 0.465 e. The molecule has 152 valence electrons. The summed E-state index contributed by atoms with van der Waals surface area (Å²) in [7, 11) is -3.53. The number of halogens is 1. The van der Waals surface area contributed by atoms with Crippen LogP contribution < -0.4 is 5.32 Å². The summed E-state index contributed by atoms with van der Waals surface area (Å²) >= 11 is 5.96. The third kappa shape index (κ3) is 4.94. The molecule has 0 saturated carbocycles. The number of furan rings is 1. The van der Waals surface area contributed by atoms with E-state index in [1.165, 1.54) is 18.2 Å². The first-order valence-corrected chi connectivity index (χ1v) is 11.2. The van der Waals surface area contributed by atoms with E-state index in [-0.39, 0.29) is 27.4 Å². The molecule has 0 bridgehead atoms. The van der Waals surface area contributed by atoms with Crippen molar-refractivity contribution >= 4 is 27.3 Å². The van der Waals surface area contributed by atoms with Crippen molar-refractivity contribution in [2.24, 2.45) is 0 Å². The van der Waals surface area contributed by atoms with E-state index in [9.17, 15) is 13.2 Å². The van der Waals surface area contributed by atoms with Gasteiger partial charge in [0.1, 0.15) is 11.5 Å². The van der Waals surface area contributed by atoms with Crippen molar-refractivity contribution < 1.29 is 22.4 Å². The molecule has 1 aromatic carbocycles. The molecule has 28 heavy (non-hydrogen) atoms. The van der Waals surface area contributed by atoms with Crippen molar-refractivity contribution in [1.82, 2.24) is 10.2 Å². The summed E-state index contributed by atoms with van der Waals surface area (Å²) < 4.78 is 34.9. The van der Waals surface area contributed by atoms with Crippen LogP contribution in [0.3, 0.4) is 0 Å². The maximum atomic E-state index is 12.6. The number of amides is 1. The minimum atomic E-state index is -3.53. The molecule has 7 nitrogen and oxygen atoms in total. The van der Waals surface area contributed by atoms with Crippen LogP contribution in [0.2, 0.25) is 5.02 Å². The predicted octanol–water partition coefficient (Wildman–Crippen LogP) is 2.45. The van der Waals surface area contributed by atoms with Gasteiger partial charge < -0.3 is 14.5 Å². The first-order chi connectivity index (χ1) is 13.3. The fraction of sp³-hybridized carbons (Fsp3) is 0.421. The monoisotopic (exact) mass is 426 g/mol. The van der Waals surface area contributed by atoms with Gasteiger partial charge in [0.2, 0.25) is 0 Å².